The number of amides is 1. The predicted octanol–water partition coefficient (Wildman–Crippen LogP) is 2.64. The molecule has 2 aromatic rings. The number of hydrogen-bond donors (Lipinski definition) is 1. The molecule has 0 aliphatic heterocycles. The van der Waals surface area contributed by atoms with E-state index in [2.05, 4.69) is 0 Å². The standard InChI is InChI=1S/C16H17NO5/c1-10-8-14(11(2)22-10)16(20)17(3)12-4-6-13(7-5-12)21-9-15(18)19/h4-8H,9H2,1-3H3,(H,18,19). The summed E-state index contributed by atoms with van der Waals surface area (Å²) in [6.07, 6.45) is 0. The van der Waals surface area contributed by atoms with E-state index in [0.717, 1.165) is 0 Å². The van der Waals surface area contributed by atoms with E-state index in [1.54, 1.807) is 51.2 Å². The van der Waals surface area contributed by atoms with Gasteiger partial charge in [-0.2, -0.15) is 0 Å². The number of anilines is 1. The Morgan fingerprint density at radius 1 is 1.23 bits per heavy atom. The molecule has 0 saturated heterocycles. The van der Waals surface area contributed by atoms with Crippen molar-refractivity contribution in [2.75, 3.05) is 18.6 Å². The van der Waals surface area contributed by atoms with Gasteiger partial charge in [0.25, 0.3) is 5.91 Å². The summed E-state index contributed by atoms with van der Waals surface area (Å²) in [5.41, 5.74) is 1.19. The molecule has 0 bridgehead atoms. The fraction of sp³-hybridized carbons (Fsp3) is 0.250. The first-order valence-electron chi connectivity index (χ1n) is 6.68. The van der Waals surface area contributed by atoms with Crippen LogP contribution in [0.5, 0.6) is 5.75 Å². The smallest absolute Gasteiger partial charge is 0.341 e. The van der Waals surface area contributed by atoms with Crippen molar-refractivity contribution in [3.05, 3.63) is 47.4 Å². The second-order valence-corrected chi connectivity index (χ2v) is 4.87. The van der Waals surface area contributed by atoms with Gasteiger partial charge in [0.1, 0.15) is 17.3 Å². The number of carbonyl (C=O) groups is 2. The Bertz CT molecular complexity index is 687. The lowest BCUT2D eigenvalue weighted by molar-refractivity contribution is -0.139. The third-order valence-electron chi connectivity index (χ3n) is 3.16. The first kappa shape index (κ1) is 15.6. The van der Waals surface area contributed by atoms with Crippen LogP contribution < -0.4 is 9.64 Å². The molecule has 0 saturated carbocycles. The summed E-state index contributed by atoms with van der Waals surface area (Å²) in [6.45, 7) is 3.14. The second-order valence-electron chi connectivity index (χ2n) is 4.87. The number of carboxylic acids is 1. The van der Waals surface area contributed by atoms with Crippen LogP contribution in [0.15, 0.2) is 34.7 Å². The van der Waals surface area contributed by atoms with Gasteiger partial charge in [0.15, 0.2) is 6.61 Å². The topological polar surface area (TPSA) is 80.0 Å². The minimum Gasteiger partial charge on any atom is -0.482 e. The third-order valence-corrected chi connectivity index (χ3v) is 3.16. The molecule has 0 fully saturated rings. The highest BCUT2D eigenvalue weighted by molar-refractivity contribution is 6.06. The van der Waals surface area contributed by atoms with Crippen LogP contribution in [0.4, 0.5) is 5.69 Å². The molecule has 0 radical (unpaired) electrons. The third kappa shape index (κ3) is 3.46. The van der Waals surface area contributed by atoms with Crippen LogP contribution in [0.1, 0.15) is 21.9 Å². The molecule has 0 aliphatic carbocycles. The molecule has 1 heterocycles. The molecular weight excluding hydrogens is 286 g/mol. The molecule has 6 nitrogen and oxygen atoms in total. The maximum absolute atomic E-state index is 12.4. The summed E-state index contributed by atoms with van der Waals surface area (Å²) >= 11 is 0. The van der Waals surface area contributed by atoms with Gasteiger partial charge in [-0.1, -0.05) is 0 Å². The quantitative estimate of drug-likeness (QED) is 0.918. The van der Waals surface area contributed by atoms with Gasteiger partial charge in [-0.3, -0.25) is 4.79 Å². The zero-order valence-electron chi connectivity index (χ0n) is 12.6. The number of nitrogens with zero attached hydrogens (tertiary/aromatic N) is 1. The Hall–Kier alpha value is -2.76. The van der Waals surface area contributed by atoms with E-state index >= 15 is 0 Å². The molecule has 6 heteroatoms. The van der Waals surface area contributed by atoms with Crippen LogP contribution in [0.3, 0.4) is 0 Å². The summed E-state index contributed by atoms with van der Waals surface area (Å²) in [7, 11) is 1.66. The Balaban J connectivity index is 2.12. The fourth-order valence-electron chi connectivity index (χ4n) is 2.05. The van der Waals surface area contributed by atoms with Crippen molar-refractivity contribution in [1.82, 2.24) is 0 Å². The highest BCUT2D eigenvalue weighted by Crippen LogP contribution is 2.22. The second kappa shape index (κ2) is 6.34. The lowest BCUT2D eigenvalue weighted by atomic mass is 10.2. The van der Waals surface area contributed by atoms with Crippen molar-refractivity contribution in [2.24, 2.45) is 0 Å². The minimum absolute atomic E-state index is 0.173. The van der Waals surface area contributed by atoms with Crippen LogP contribution in [-0.2, 0) is 4.79 Å². The zero-order chi connectivity index (χ0) is 16.3. The van der Waals surface area contributed by atoms with Crippen molar-refractivity contribution in [3.63, 3.8) is 0 Å². The van der Waals surface area contributed by atoms with Crippen LogP contribution in [0.25, 0.3) is 0 Å². The predicted molar refractivity (Wildman–Crippen MR) is 80.5 cm³/mol. The van der Waals surface area contributed by atoms with E-state index in [4.69, 9.17) is 14.3 Å². The van der Waals surface area contributed by atoms with E-state index in [9.17, 15) is 9.59 Å². The first-order valence-corrected chi connectivity index (χ1v) is 6.68. The Labute approximate surface area is 127 Å². The number of furan rings is 1. The van der Waals surface area contributed by atoms with Gasteiger partial charge < -0.3 is 19.2 Å². The number of ether oxygens (including phenoxy) is 1. The van der Waals surface area contributed by atoms with E-state index in [1.807, 2.05) is 0 Å². The van der Waals surface area contributed by atoms with Crippen molar-refractivity contribution < 1.29 is 23.8 Å². The van der Waals surface area contributed by atoms with Crippen LogP contribution in [-0.4, -0.2) is 30.6 Å². The van der Waals surface area contributed by atoms with Crippen molar-refractivity contribution in [2.45, 2.75) is 13.8 Å². The largest absolute Gasteiger partial charge is 0.482 e. The first-order chi connectivity index (χ1) is 10.4. The van der Waals surface area contributed by atoms with Gasteiger partial charge in [-0.25, -0.2) is 4.79 Å². The van der Waals surface area contributed by atoms with E-state index in [0.29, 0.717) is 28.5 Å². The van der Waals surface area contributed by atoms with E-state index < -0.39 is 12.6 Å². The average Bonchev–Trinajstić information content (AvgIpc) is 2.83. The number of carboxylic acid groups (broad SMARTS) is 1. The highest BCUT2D eigenvalue weighted by Gasteiger charge is 2.18. The molecule has 0 aliphatic rings. The number of aryl methyl sites for hydroxylation is 2. The maximum atomic E-state index is 12.4. The van der Waals surface area contributed by atoms with Crippen LogP contribution in [0, 0.1) is 13.8 Å². The van der Waals surface area contributed by atoms with Gasteiger partial charge in [-0.15, -0.1) is 0 Å². The van der Waals surface area contributed by atoms with Gasteiger partial charge in [0.05, 0.1) is 5.56 Å². The molecule has 0 spiro atoms. The van der Waals surface area contributed by atoms with Gasteiger partial charge >= 0.3 is 5.97 Å². The molecule has 1 amide bonds. The number of carbonyl (C=O) groups excluding carboxylic acids is 1. The summed E-state index contributed by atoms with van der Waals surface area (Å²) in [5, 5.41) is 8.56. The fourth-order valence-corrected chi connectivity index (χ4v) is 2.05. The Morgan fingerprint density at radius 2 is 1.86 bits per heavy atom. The molecule has 0 atom stereocenters. The van der Waals surface area contributed by atoms with Crippen LogP contribution in [0.2, 0.25) is 0 Å². The minimum atomic E-state index is -1.04. The average molecular weight is 303 g/mol. The van der Waals surface area contributed by atoms with Gasteiger partial charge in [-0.05, 0) is 44.2 Å². The lowest BCUT2D eigenvalue weighted by Gasteiger charge is -2.17. The summed E-state index contributed by atoms with van der Waals surface area (Å²) in [5.74, 6) is 0.487. The number of aliphatic carboxylic acids is 1. The molecular formula is C16H17NO5. The van der Waals surface area contributed by atoms with Crippen LogP contribution >= 0.6 is 0 Å². The van der Waals surface area contributed by atoms with Gasteiger partial charge in [0, 0.05) is 12.7 Å². The van der Waals surface area contributed by atoms with Crippen molar-refractivity contribution >= 4 is 17.6 Å². The molecule has 116 valence electrons. The van der Waals surface area contributed by atoms with E-state index in [-0.39, 0.29) is 5.91 Å². The lowest BCUT2D eigenvalue weighted by Crippen LogP contribution is -2.26. The zero-order valence-corrected chi connectivity index (χ0v) is 12.6. The summed E-state index contributed by atoms with van der Waals surface area (Å²) in [6, 6.07) is 8.33. The SMILES string of the molecule is Cc1cc(C(=O)N(C)c2ccc(OCC(=O)O)cc2)c(C)o1. The van der Waals surface area contributed by atoms with Crippen molar-refractivity contribution in [3.8, 4) is 5.75 Å². The van der Waals surface area contributed by atoms with E-state index in [1.165, 1.54) is 4.90 Å². The summed E-state index contributed by atoms with van der Waals surface area (Å²) in [4.78, 5) is 24.4. The molecule has 0 unspecified atom stereocenters. The number of rotatable bonds is 5. The monoisotopic (exact) mass is 303 g/mol. The Kier molecular flexibility index (Phi) is 4.50. The molecule has 1 aromatic carbocycles. The number of benzene rings is 1. The maximum Gasteiger partial charge on any atom is 0.341 e. The highest BCUT2D eigenvalue weighted by atomic mass is 16.5. The number of hydrogen-bond acceptors (Lipinski definition) is 4. The summed E-state index contributed by atoms with van der Waals surface area (Å²) < 4.78 is 10.4. The molecule has 1 aromatic heterocycles. The molecule has 2 rings (SSSR count). The molecule has 1 N–H and O–H groups in total. The Morgan fingerprint density at radius 3 is 2.36 bits per heavy atom. The molecule has 22 heavy (non-hydrogen) atoms. The van der Waals surface area contributed by atoms with Crippen molar-refractivity contribution in [1.29, 1.82) is 0 Å². The van der Waals surface area contributed by atoms with Gasteiger partial charge in [0.2, 0.25) is 0 Å². The normalized spacial score (nSPS) is 10.3.